The summed E-state index contributed by atoms with van der Waals surface area (Å²) in [6.45, 7) is 5.42. The molecule has 0 saturated carbocycles. The lowest BCUT2D eigenvalue weighted by Gasteiger charge is -2.30. The number of hydrogen-bond donors (Lipinski definition) is 1. The van der Waals surface area contributed by atoms with Crippen molar-refractivity contribution in [2.45, 2.75) is 63.6 Å². The largest absolute Gasteiger partial charge is 0.352 e. The van der Waals surface area contributed by atoms with E-state index in [2.05, 4.69) is 5.32 Å². The molecule has 2 atom stereocenters. The minimum atomic E-state index is -3.95. The second kappa shape index (κ2) is 11.6. The third-order valence-electron chi connectivity index (χ3n) is 6.17. The van der Waals surface area contributed by atoms with E-state index in [0.717, 1.165) is 10.7 Å². The van der Waals surface area contributed by atoms with E-state index in [-0.39, 0.29) is 54.2 Å². The number of fused-ring (bicyclic) bond motifs is 1. The van der Waals surface area contributed by atoms with Crippen molar-refractivity contribution in [3.63, 3.8) is 0 Å². The molecule has 0 radical (unpaired) electrons. The molecule has 3 rings (SSSR count). The van der Waals surface area contributed by atoms with Crippen molar-refractivity contribution in [1.82, 2.24) is 14.5 Å². The third kappa shape index (κ3) is 6.02. The summed E-state index contributed by atoms with van der Waals surface area (Å²) in [5, 5.41) is 3.59. The van der Waals surface area contributed by atoms with Crippen molar-refractivity contribution in [1.29, 1.82) is 0 Å². The van der Waals surface area contributed by atoms with E-state index in [1.807, 2.05) is 13.8 Å². The maximum absolute atomic E-state index is 13.3. The minimum absolute atomic E-state index is 0.0297. The topological polar surface area (TPSA) is 104 Å². The first-order chi connectivity index (χ1) is 17.0. The normalized spacial score (nSPS) is 15.8. The standard InChI is InChI=1S/C25H29Cl2N3O5S/c1-4-16(2)28-24(32)17(3)29(15-18-11-12-20(26)21(27)14-18)23(31)10-7-13-30-25(33)19-8-5-6-9-22(19)36(30,34)35/h5-6,8-9,11-12,14,16-17H,4,7,10,13,15H2,1-3H3,(H,28,32)/t16-,17-/m0/s1. The van der Waals surface area contributed by atoms with Crippen LogP contribution in [0.15, 0.2) is 47.4 Å². The number of amides is 3. The summed E-state index contributed by atoms with van der Waals surface area (Å²) in [6, 6.07) is 10.2. The number of nitrogens with zero attached hydrogens (tertiary/aromatic N) is 2. The van der Waals surface area contributed by atoms with E-state index in [1.165, 1.54) is 17.0 Å². The van der Waals surface area contributed by atoms with Crippen molar-refractivity contribution < 1.29 is 22.8 Å². The van der Waals surface area contributed by atoms with Crippen molar-refractivity contribution in [3.05, 3.63) is 63.6 Å². The van der Waals surface area contributed by atoms with Gasteiger partial charge in [0.2, 0.25) is 11.8 Å². The van der Waals surface area contributed by atoms with Crippen LogP contribution in [0.3, 0.4) is 0 Å². The Morgan fingerprint density at radius 1 is 1.08 bits per heavy atom. The number of carbonyl (C=O) groups is 3. The highest BCUT2D eigenvalue weighted by molar-refractivity contribution is 7.90. The fourth-order valence-electron chi connectivity index (χ4n) is 3.85. The highest BCUT2D eigenvalue weighted by Gasteiger charge is 2.40. The molecule has 36 heavy (non-hydrogen) atoms. The predicted octanol–water partition coefficient (Wildman–Crippen LogP) is 4.25. The van der Waals surface area contributed by atoms with Gasteiger partial charge >= 0.3 is 0 Å². The van der Waals surface area contributed by atoms with Crippen LogP contribution in [-0.4, -0.2) is 54.0 Å². The molecule has 1 N–H and O–H groups in total. The smallest absolute Gasteiger partial charge is 0.269 e. The molecule has 0 saturated heterocycles. The average Bonchev–Trinajstić information content (AvgIpc) is 3.04. The number of rotatable bonds is 10. The molecule has 1 aliphatic rings. The maximum Gasteiger partial charge on any atom is 0.269 e. The van der Waals surface area contributed by atoms with Crippen LogP contribution in [0, 0.1) is 0 Å². The second-order valence-corrected chi connectivity index (χ2v) is 11.4. The highest BCUT2D eigenvalue weighted by Crippen LogP contribution is 2.30. The molecule has 11 heteroatoms. The number of sulfonamides is 1. The van der Waals surface area contributed by atoms with Gasteiger partial charge in [-0.15, -0.1) is 0 Å². The molecule has 1 heterocycles. The zero-order valence-corrected chi connectivity index (χ0v) is 22.7. The minimum Gasteiger partial charge on any atom is -0.352 e. The summed E-state index contributed by atoms with van der Waals surface area (Å²) in [5.74, 6) is -1.26. The van der Waals surface area contributed by atoms with Crippen LogP contribution in [0.2, 0.25) is 10.0 Å². The van der Waals surface area contributed by atoms with E-state index in [9.17, 15) is 22.8 Å². The first-order valence-corrected chi connectivity index (χ1v) is 13.9. The Morgan fingerprint density at radius 2 is 1.78 bits per heavy atom. The Balaban J connectivity index is 1.73. The van der Waals surface area contributed by atoms with Gasteiger partial charge in [-0.25, -0.2) is 12.7 Å². The number of halogens is 2. The second-order valence-electron chi connectivity index (χ2n) is 8.75. The maximum atomic E-state index is 13.3. The average molecular weight is 554 g/mol. The molecule has 0 fully saturated rings. The summed E-state index contributed by atoms with van der Waals surface area (Å²) in [4.78, 5) is 40.1. The van der Waals surface area contributed by atoms with Gasteiger partial charge in [-0.05, 0) is 56.5 Å². The fraction of sp³-hybridized carbons (Fsp3) is 0.400. The summed E-state index contributed by atoms with van der Waals surface area (Å²) >= 11 is 12.1. The fourth-order valence-corrected chi connectivity index (χ4v) is 5.78. The van der Waals surface area contributed by atoms with Crippen molar-refractivity contribution in [2.75, 3.05) is 6.54 Å². The van der Waals surface area contributed by atoms with Gasteiger partial charge in [-0.2, -0.15) is 0 Å². The molecule has 3 amide bonds. The Hall–Kier alpha value is -2.62. The number of nitrogens with one attached hydrogen (secondary N) is 1. The van der Waals surface area contributed by atoms with Gasteiger partial charge in [0, 0.05) is 25.6 Å². The molecule has 0 aliphatic carbocycles. The first-order valence-electron chi connectivity index (χ1n) is 11.7. The van der Waals surface area contributed by atoms with Crippen LogP contribution in [0.25, 0.3) is 0 Å². The van der Waals surface area contributed by atoms with Crippen LogP contribution >= 0.6 is 23.2 Å². The Labute approximate surface area is 221 Å². The lowest BCUT2D eigenvalue weighted by molar-refractivity contribution is -0.141. The number of carbonyl (C=O) groups excluding carboxylic acids is 3. The van der Waals surface area contributed by atoms with Gasteiger partial charge < -0.3 is 10.2 Å². The molecule has 194 valence electrons. The summed E-state index contributed by atoms with van der Waals surface area (Å²) < 4.78 is 26.3. The zero-order valence-electron chi connectivity index (χ0n) is 20.3. The summed E-state index contributed by atoms with van der Waals surface area (Å²) in [7, 11) is -3.95. The zero-order chi connectivity index (χ0) is 26.6. The molecule has 8 nitrogen and oxygen atoms in total. The Kier molecular flexibility index (Phi) is 9.03. The van der Waals surface area contributed by atoms with Crippen molar-refractivity contribution in [2.24, 2.45) is 0 Å². The SMILES string of the molecule is CC[C@H](C)NC(=O)[C@H](C)N(Cc1ccc(Cl)c(Cl)c1)C(=O)CCCN1C(=O)c2ccccc2S1(=O)=O. The van der Waals surface area contributed by atoms with Gasteiger partial charge in [-0.3, -0.25) is 14.4 Å². The highest BCUT2D eigenvalue weighted by atomic mass is 35.5. The number of hydrogen-bond acceptors (Lipinski definition) is 5. The molecule has 0 spiro atoms. The number of benzene rings is 2. The Morgan fingerprint density at radius 3 is 2.42 bits per heavy atom. The summed E-state index contributed by atoms with van der Waals surface area (Å²) in [6.07, 6.45) is 0.785. The van der Waals surface area contributed by atoms with Gasteiger partial charge in [0.15, 0.2) is 0 Å². The molecule has 0 unspecified atom stereocenters. The Bertz CT molecular complexity index is 1270. The van der Waals surface area contributed by atoms with Crippen molar-refractivity contribution in [3.8, 4) is 0 Å². The first kappa shape index (κ1) is 28.0. The van der Waals surface area contributed by atoms with Crippen LogP contribution in [0.1, 0.15) is 56.0 Å². The van der Waals surface area contributed by atoms with Crippen LogP contribution < -0.4 is 5.32 Å². The van der Waals surface area contributed by atoms with Gasteiger partial charge in [-0.1, -0.05) is 48.3 Å². The summed E-state index contributed by atoms with van der Waals surface area (Å²) in [5.41, 5.74) is 0.814. The lowest BCUT2D eigenvalue weighted by atomic mass is 10.1. The van der Waals surface area contributed by atoms with Crippen molar-refractivity contribution >= 4 is 50.9 Å². The van der Waals surface area contributed by atoms with E-state index in [4.69, 9.17) is 23.2 Å². The molecule has 0 aromatic heterocycles. The lowest BCUT2D eigenvalue weighted by Crippen LogP contribution is -2.49. The van der Waals surface area contributed by atoms with Crippen LogP contribution in [-0.2, 0) is 26.2 Å². The molecular weight excluding hydrogens is 525 g/mol. The van der Waals surface area contributed by atoms with Gasteiger partial charge in [0.25, 0.3) is 15.9 Å². The molecule has 0 bridgehead atoms. The van der Waals surface area contributed by atoms with Crippen LogP contribution in [0.4, 0.5) is 0 Å². The van der Waals surface area contributed by atoms with E-state index in [0.29, 0.717) is 15.6 Å². The van der Waals surface area contributed by atoms with E-state index in [1.54, 1.807) is 37.3 Å². The predicted molar refractivity (Wildman–Crippen MR) is 138 cm³/mol. The molecule has 1 aliphatic heterocycles. The molecular formula is C25H29Cl2N3O5S. The van der Waals surface area contributed by atoms with E-state index < -0.39 is 22.0 Å². The quantitative estimate of drug-likeness (QED) is 0.473. The van der Waals surface area contributed by atoms with Gasteiger partial charge in [0.1, 0.15) is 10.9 Å². The monoisotopic (exact) mass is 553 g/mol. The molecule has 2 aromatic rings. The van der Waals surface area contributed by atoms with Gasteiger partial charge in [0.05, 0.1) is 15.6 Å². The van der Waals surface area contributed by atoms with Crippen LogP contribution in [0.5, 0.6) is 0 Å². The van der Waals surface area contributed by atoms with E-state index >= 15 is 0 Å². The molecule has 2 aromatic carbocycles. The third-order valence-corrected chi connectivity index (χ3v) is 8.75.